The van der Waals surface area contributed by atoms with E-state index in [9.17, 15) is 4.79 Å². The van der Waals surface area contributed by atoms with Crippen molar-refractivity contribution < 1.29 is 4.79 Å². The molecule has 2 aliphatic rings. The number of piperidine rings is 1. The van der Waals surface area contributed by atoms with Gasteiger partial charge in [-0.2, -0.15) is 0 Å². The molecule has 2 aromatic rings. The van der Waals surface area contributed by atoms with Crippen LogP contribution in [-0.2, 0) is 11.3 Å². The number of aromatic nitrogens is 3. The maximum absolute atomic E-state index is 12.8. The van der Waals surface area contributed by atoms with E-state index in [1.807, 2.05) is 24.7 Å². The number of rotatable bonds is 5. The smallest absolute Gasteiger partial charge is 0.244 e. The molecule has 2 aromatic heterocycles. The van der Waals surface area contributed by atoms with Crippen molar-refractivity contribution in [2.75, 3.05) is 11.9 Å². The van der Waals surface area contributed by atoms with Crippen LogP contribution in [0.2, 0.25) is 0 Å². The van der Waals surface area contributed by atoms with Crippen molar-refractivity contribution in [3.63, 3.8) is 0 Å². The average Bonchev–Trinajstić information content (AvgIpc) is 3.50. The number of anilines is 1. The monoisotopic (exact) mass is 351 g/mol. The zero-order valence-corrected chi connectivity index (χ0v) is 15.2. The van der Waals surface area contributed by atoms with Crippen LogP contribution in [0.1, 0.15) is 54.8 Å². The summed E-state index contributed by atoms with van der Waals surface area (Å²) < 4.78 is 0. The molecule has 2 fully saturated rings. The fraction of sp³-hybridized carbons (Fsp3) is 0.500. The second-order valence-electron chi connectivity index (χ2n) is 7.35. The number of hydrogen-bond acceptors (Lipinski definition) is 5. The Balaban J connectivity index is 1.43. The Bertz CT molecular complexity index is 772. The first-order chi connectivity index (χ1) is 12.7. The van der Waals surface area contributed by atoms with Crippen molar-refractivity contribution >= 4 is 11.9 Å². The lowest BCUT2D eigenvalue weighted by Crippen LogP contribution is -2.47. The number of nitrogens with one attached hydrogen (secondary N) is 1. The van der Waals surface area contributed by atoms with Gasteiger partial charge in [-0.1, -0.05) is 12.5 Å². The highest BCUT2D eigenvalue weighted by Gasteiger charge is 2.30. The fourth-order valence-electron chi connectivity index (χ4n) is 3.58. The van der Waals surface area contributed by atoms with E-state index in [-0.39, 0.29) is 11.9 Å². The van der Waals surface area contributed by atoms with Crippen LogP contribution in [0.4, 0.5) is 5.95 Å². The highest BCUT2D eigenvalue weighted by Crippen LogP contribution is 2.39. The third kappa shape index (κ3) is 3.90. The van der Waals surface area contributed by atoms with Gasteiger partial charge in [0.25, 0.3) is 0 Å². The van der Waals surface area contributed by atoms with E-state index in [0.29, 0.717) is 18.4 Å². The van der Waals surface area contributed by atoms with E-state index in [2.05, 4.69) is 38.2 Å². The summed E-state index contributed by atoms with van der Waals surface area (Å²) in [6.07, 6.45) is 11.0. The standard InChI is InChI=1S/C20H25N5O/c1-14-5-4-9-21-17(14)13-25-10-3-2-6-18(25)19(26)24-20-22-11-16(12-23-20)15-7-8-15/h4-5,9,11-12,15,18H,2-3,6-8,10,13H2,1H3,(H,22,23,24,26)/t18-/m1/s1. The number of carbonyl (C=O) groups is 1. The molecule has 1 N–H and O–H groups in total. The fourth-order valence-corrected chi connectivity index (χ4v) is 3.58. The van der Waals surface area contributed by atoms with Gasteiger partial charge in [-0.3, -0.25) is 20.0 Å². The maximum atomic E-state index is 12.8. The summed E-state index contributed by atoms with van der Waals surface area (Å²) >= 11 is 0. The predicted molar refractivity (Wildman–Crippen MR) is 99.7 cm³/mol. The quantitative estimate of drug-likeness (QED) is 0.896. The first-order valence-electron chi connectivity index (χ1n) is 9.48. The molecule has 1 saturated heterocycles. The average molecular weight is 351 g/mol. The Morgan fingerprint density at radius 2 is 2.00 bits per heavy atom. The van der Waals surface area contributed by atoms with Crippen molar-refractivity contribution in [3.05, 3.63) is 47.5 Å². The van der Waals surface area contributed by atoms with Crippen LogP contribution in [0.3, 0.4) is 0 Å². The number of amides is 1. The zero-order valence-electron chi connectivity index (χ0n) is 15.2. The van der Waals surface area contributed by atoms with Gasteiger partial charge in [0.15, 0.2) is 0 Å². The molecule has 1 atom stereocenters. The Morgan fingerprint density at radius 1 is 1.19 bits per heavy atom. The minimum absolute atomic E-state index is 0.0162. The van der Waals surface area contributed by atoms with Gasteiger partial charge in [0.1, 0.15) is 0 Å². The molecule has 4 rings (SSSR count). The van der Waals surface area contributed by atoms with Gasteiger partial charge in [0.2, 0.25) is 11.9 Å². The van der Waals surface area contributed by atoms with E-state index in [1.54, 1.807) is 0 Å². The molecule has 0 radical (unpaired) electrons. The molecule has 0 spiro atoms. The number of carbonyl (C=O) groups excluding carboxylic acids is 1. The molecule has 0 bridgehead atoms. The van der Waals surface area contributed by atoms with Crippen LogP contribution in [-0.4, -0.2) is 38.3 Å². The maximum Gasteiger partial charge on any atom is 0.244 e. The summed E-state index contributed by atoms with van der Waals surface area (Å²) in [6.45, 7) is 3.68. The second kappa shape index (κ2) is 7.50. The lowest BCUT2D eigenvalue weighted by molar-refractivity contribution is -0.122. The second-order valence-corrected chi connectivity index (χ2v) is 7.35. The summed E-state index contributed by atoms with van der Waals surface area (Å²) in [7, 11) is 0. The van der Waals surface area contributed by atoms with E-state index < -0.39 is 0 Å². The molecule has 136 valence electrons. The van der Waals surface area contributed by atoms with Crippen molar-refractivity contribution in [1.29, 1.82) is 0 Å². The Hall–Kier alpha value is -2.34. The molecule has 0 unspecified atom stereocenters. The SMILES string of the molecule is Cc1cccnc1CN1CCCC[C@@H]1C(=O)Nc1ncc(C2CC2)cn1. The third-order valence-corrected chi connectivity index (χ3v) is 5.34. The minimum Gasteiger partial charge on any atom is -0.293 e. The molecule has 3 heterocycles. The highest BCUT2D eigenvalue weighted by atomic mass is 16.2. The van der Waals surface area contributed by atoms with Gasteiger partial charge < -0.3 is 0 Å². The summed E-state index contributed by atoms with van der Waals surface area (Å²) in [6, 6.07) is 3.86. The number of hydrogen-bond donors (Lipinski definition) is 1. The van der Waals surface area contributed by atoms with Crippen molar-refractivity contribution in [2.24, 2.45) is 0 Å². The van der Waals surface area contributed by atoms with E-state index >= 15 is 0 Å². The van der Waals surface area contributed by atoms with Crippen LogP contribution < -0.4 is 5.32 Å². The first kappa shape index (κ1) is 17.1. The van der Waals surface area contributed by atoms with Crippen LogP contribution in [0.15, 0.2) is 30.7 Å². The van der Waals surface area contributed by atoms with Crippen molar-refractivity contribution in [1.82, 2.24) is 19.9 Å². The zero-order chi connectivity index (χ0) is 17.9. The predicted octanol–water partition coefficient (Wildman–Crippen LogP) is 3.05. The van der Waals surface area contributed by atoms with Crippen molar-refractivity contribution in [2.45, 2.75) is 57.5 Å². The molecular weight excluding hydrogens is 326 g/mol. The molecule has 0 aromatic carbocycles. The summed E-state index contributed by atoms with van der Waals surface area (Å²) in [5, 5.41) is 2.91. The Labute approximate surface area is 154 Å². The van der Waals surface area contributed by atoms with Gasteiger partial charge in [0.05, 0.1) is 11.7 Å². The summed E-state index contributed by atoms with van der Waals surface area (Å²) in [4.78, 5) is 28.2. The highest BCUT2D eigenvalue weighted by molar-refractivity contribution is 5.93. The van der Waals surface area contributed by atoms with E-state index in [1.165, 1.54) is 18.4 Å². The topological polar surface area (TPSA) is 71.0 Å². The number of likely N-dealkylation sites (tertiary alicyclic amines) is 1. The van der Waals surface area contributed by atoms with E-state index in [4.69, 9.17) is 0 Å². The Kier molecular flexibility index (Phi) is 4.93. The number of nitrogens with zero attached hydrogens (tertiary/aromatic N) is 4. The van der Waals surface area contributed by atoms with Gasteiger partial charge in [-0.15, -0.1) is 0 Å². The molecule has 1 amide bonds. The third-order valence-electron chi connectivity index (χ3n) is 5.34. The number of pyridine rings is 1. The van der Waals surface area contributed by atoms with Crippen LogP contribution in [0, 0.1) is 6.92 Å². The number of aryl methyl sites for hydroxylation is 1. The minimum atomic E-state index is -0.156. The van der Waals surface area contributed by atoms with Crippen LogP contribution in [0.25, 0.3) is 0 Å². The molecule has 1 aliphatic carbocycles. The van der Waals surface area contributed by atoms with Gasteiger partial charge >= 0.3 is 0 Å². The molecule has 6 heteroatoms. The normalized spacial score (nSPS) is 20.7. The lowest BCUT2D eigenvalue weighted by Gasteiger charge is -2.34. The Morgan fingerprint density at radius 3 is 2.73 bits per heavy atom. The van der Waals surface area contributed by atoms with E-state index in [0.717, 1.165) is 37.1 Å². The summed E-state index contributed by atoms with van der Waals surface area (Å²) in [5.41, 5.74) is 3.38. The van der Waals surface area contributed by atoms with Crippen LogP contribution >= 0.6 is 0 Å². The molecule has 1 aliphatic heterocycles. The van der Waals surface area contributed by atoms with Gasteiger partial charge in [-0.05, 0) is 62.3 Å². The summed E-state index contributed by atoms with van der Waals surface area (Å²) in [5.74, 6) is 1.01. The molecule has 6 nitrogen and oxygen atoms in total. The van der Waals surface area contributed by atoms with Crippen LogP contribution in [0.5, 0.6) is 0 Å². The lowest BCUT2D eigenvalue weighted by atomic mass is 10.0. The largest absolute Gasteiger partial charge is 0.293 e. The van der Waals surface area contributed by atoms with Gasteiger partial charge in [0, 0.05) is 25.1 Å². The molecule has 1 saturated carbocycles. The van der Waals surface area contributed by atoms with Gasteiger partial charge in [-0.25, -0.2) is 9.97 Å². The molecular formula is C20H25N5O. The molecule has 26 heavy (non-hydrogen) atoms. The first-order valence-corrected chi connectivity index (χ1v) is 9.48. The van der Waals surface area contributed by atoms with Crippen molar-refractivity contribution in [3.8, 4) is 0 Å².